The van der Waals surface area contributed by atoms with Crippen molar-refractivity contribution in [3.8, 4) is 0 Å². The van der Waals surface area contributed by atoms with E-state index in [4.69, 9.17) is 10.5 Å². The lowest BCUT2D eigenvalue weighted by atomic mass is 9.79. The second-order valence-electron chi connectivity index (χ2n) is 5.08. The first kappa shape index (κ1) is 14.2. The van der Waals surface area contributed by atoms with Crippen molar-refractivity contribution in [3.63, 3.8) is 0 Å². The van der Waals surface area contributed by atoms with Crippen molar-refractivity contribution in [2.45, 2.75) is 11.7 Å². The molecule has 2 atom stereocenters. The standard InChI is InChI=1S/C17H15NO4/c18-16-13(19)14(20)17(21,12-9-5-2-6-10-12)15(22-16)11-7-3-1-4-8-11/h1-10,15,19,21H,18H2. The van der Waals surface area contributed by atoms with E-state index in [0.29, 0.717) is 11.1 Å². The summed E-state index contributed by atoms with van der Waals surface area (Å²) in [6.07, 6.45) is -1.04. The Morgan fingerprint density at radius 1 is 1.00 bits per heavy atom. The zero-order chi connectivity index (χ0) is 15.7. The lowest BCUT2D eigenvalue weighted by Crippen LogP contribution is -2.48. The molecule has 22 heavy (non-hydrogen) atoms. The van der Waals surface area contributed by atoms with Crippen LogP contribution in [-0.2, 0) is 15.1 Å². The molecule has 2 aromatic carbocycles. The molecule has 112 valence electrons. The number of Topliss-reactive ketones (excluding diaryl/α,β-unsaturated/α-hetero) is 1. The van der Waals surface area contributed by atoms with Crippen LogP contribution in [0.25, 0.3) is 0 Å². The van der Waals surface area contributed by atoms with Crippen molar-refractivity contribution in [2.24, 2.45) is 5.73 Å². The molecular weight excluding hydrogens is 282 g/mol. The third-order valence-electron chi connectivity index (χ3n) is 3.74. The molecule has 2 aromatic rings. The van der Waals surface area contributed by atoms with E-state index >= 15 is 0 Å². The lowest BCUT2D eigenvalue weighted by molar-refractivity contribution is -0.162. The van der Waals surface area contributed by atoms with Crippen molar-refractivity contribution in [1.29, 1.82) is 0 Å². The van der Waals surface area contributed by atoms with Crippen LogP contribution in [0.1, 0.15) is 17.2 Å². The Labute approximate surface area is 127 Å². The van der Waals surface area contributed by atoms with Crippen LogP contribution >= 0.6 is 0 Å². The average molecular weight is 297 g/mol. The molecule has 0 bridgehead atoms. The molecule has 0 aliphatic carbocycles. The van der Waals surface area contributed by atoms with Crippen LogP contribution in [0.2, 0.25) is 0 Å². The number of benzene rings is 2. The predicted molar refractivity (Wildman–Crippen MR) is 79.5 cm³/mol. The summed E-state index contributed by atoms with van der Waals surface area (Å²) in [4.78, 5) is 12.5. The number of carbonyl (C=O) groups is 1. The zero-order valence-electron chi connectivity index (χ0n) is 11.6. The first-order chi connectivity index (χ1) is 10.5. The maximum atomic E-state index is 12.5. The quantitative estimate of drug-likeness (QED) is 0.787. The number of nitrogens with two attached hydrogens (primary N) is 1. The van der Waals surface area contributed by atoms with E-state index in [9.17, 15) is 15.0 Å². The van der Waals surface area contributed by atoms with Crippen molar-refractivity contribution < 1.29 is 19.7 Å². The number of hydrogen-bond donors (Lipinski definition) is 3. The van der Waals surface area contributed by atoms with Gasteiger partial charge in [0.15, 0.2) is 11.7 Å². The normalized spacial score (nSPS) is 25.0. The number of ketones is 1. The summed E-state index contributed by atoms with van der Waals surface area (Å²) in [6.45, 7) is 0. The second kappa shape index (κ2) is 5.20. The summed E-state index contributed by atoms with van der Waals surface area (Å²) in [5, 5.41) is 20.9. The molecule has 1 aliphatic rings. The second-order valence-corrected chi connectivity index (χ2v) is 5.08. The molecular formula is C17H15NO4. The Balaban J connectivity index is 2.20. The van der Waals surface area contributed by atoms with Crippen molar-refractivity contribution in [3.05, 3.63) is 83.4 Å². The molecule has 2 unspecified atom stereocenters. The Kier molecular flexibility index (Phi) is 3.35. The maximum Gasteiger partial charge on any atom is 0.242 e. The number of hydrogen-bond acceptors (Lipinski definition) is 5. The number of aliphatic hydroxyl groups is 2. The van der Waals surface area contributed by atoms with Gasteiger partial charge in [-0.3, -0.25) is 4.79 Å². The average Bonchev–Trinajstić information content (AvgIpc) is 2.58. The van der Waals surface area contributed by atoms with Gasteiger partial charge in [0, 0.05) is 0 Å². The highest BCUT2D eigenvalue weighted by molar-refractivity contribution is 6.02. The molecule has 1 heterocycles. The fraction of sp³-hybridized carbons (Fsp3) is 0.118. The first-order valence-electron chi connectivity index (χ1n) is 6.78. The highest BCUT2D eigenvalue weighted by Gasteiger charge is 2.53. The van der Waals surface area contributed by atoms with Crippen LogP contribution in [0.5, 0.6) is 0 Å². The maximum absolute atomic E-state index is 12.5. The van der Waals surface area contributed by atoms with E-state index in [0.717, 1.165) is 0 Å². The van der Waals surface area contributed by atoms with Crippen LogP contribution in [0.3, 0.4) is 0 Å². The first-order valence-corrected chi connectivity index (χ1v) is 6.78. The van der Waals surface area contributed by atoms with Crippen molar-refractivity contribution in [1.82, 2.24) is 0 Å². The van der Waals surface area contributed by atoms with E-state index in [1.807, 2.05) is 6.07 Å². The number of rotatable bonds is 2. The van der Waals surface area contributed by atoms with Crippen LogP contribution in [0.4, 0.5) is 0 Å². The van der Waals surface area contributed by atoms with Crippen LogP contribution < -0.4 is 5.73 Å². The molecule has 0 spiro atoms. The van der Waals surface area contributed by atoms with Gasteiger partial charge in [0.25, 0.3) is 0 Å². The van der Waals surface area contributed by atoms with E-state index in [2.05, 4.69) is 0 Å². The predicted octanol–water partition coefficient (Wildman–Crippen LogP) is 1.90. The van der Waals surface area contributed by atoms with Gasteiger partial charge >= 0.3 is 0 Å². The van der Waals surface area contributed by atoms with Crippen LogP contribution in [0.15, 0.2) is 72.3 Å². The molecule has 0 aromatic heterocycles. The van der Waals surface area contributed by atoms with Gasteiger partial charge in [0.05, 0.1) is 0 Å². The van der Waals surface area contributed by atoms with Gasteiger partial charge in [-0.15, -0.1) is 0 Å². The molecule has 0 saturated carbocycles. The minimum atomic E-state index is -2.05. The van der Waals surface area contributed by atoms with E-state index in [1.165, 1.54) is 0 Å². The summed E-state index contributed by atoms with van der Waals surface area (Å²) < 4.78 is 5.46. The summed E-state index contributed by atoms with van der Waals surface area (Å²) in [7, 11) is 0. The summed E-state index contributed by atoms with van der Waals surface area (Å²) >= 11 is 0. The number of aliphatic hydroxyl groups excluding tert-OH is 1. The molecule has 4 N–H and O–H groups in total. The highest BCUT2D eigenvalue weighted by atomic mass is 16.5. The van der Waals surface area contributed by atoms with Crippen LogP contribution in [0, 0.1) is 0 Å². The Hall–Kier alpha value is -2.79. The summed E-state index contributed by atoms with van der Waals surface area (Å²) in [6, 6.07) is 17.2. The van der Waals surface area contributed by atoms with Crippen molar-refractivity contribution in [2.75, 3.05) is 0 Å². The van der Waals surface area contributed by atoms with Gasteiger partial charge in [0.1, 0.15) is 0 Å². The lowest BCUT2D eigenvalue weighted by Gasteiger charge is -2.38. The number of ether oxygens (including phenoxy) is 1. The monoisotopic (exact) mass is 297 g/mol. The van der Waals surface area contributed by atoms with E-state index in [1.54, 1.807) is 54.6 Å². The van der Waals surface area contributed by atoms with Crippen LogP contribution in [-0.4, -0.2) is 16.0 Å². The fourth-order valence-corrected chi connectivity index (χ4v) is 2.59. The fourth-order valence-electron chi connectivity index (χ4n) is 2.59. The van der Waals surface area contributed by atoms with Gasteiger partial charge in [-0.2, -0.15) is 0 Å². The SMILES string of the molecule is NC1=C(O)C(=O)C(O)(c2ccccc2)C(c2ccccc2)O1. The minimum absolute atomic E-state index is 0.327. The molecule has 0 radical (unpaired) electrons. The molecule has 5 heteroatoms. The molecule has 3 rings (SSSR count). The topological polar surface area (TPSA) is 92.8 Å². The largest absolute Gasteiger partial charge is 0.501 e. The van der Waals surface area contributed by atoms with E-state index in [-0.39, 0.29) is 5.88 Å². The Bertz CT molecular complexity index is 727. The Morgan fingerprint density at radius 2 is 1.55 bits per heavy atom. The van der Waals surface area contributed by atoms with Gasteiger partial charge in [-0.25, -0.2) is 0 Å². The zero-order valence-corrected chi connectivity index (χ0v) is 11.6. The van der Waals surface area contributed by atoms with Crippen molar-refractivity contribution >= 4 is 5.78 Å². The van der Waals surface area contributed by atoms with Gasteiger partial charge in [0.2, 0.25) is 17.4 Å². The molecule has 0 saturated heterocycles. The third kappa shape index (κ3) is 2.03. The molecule has 0 amide bonds. The molecule has 1 aliphatic heterocycles. The smallest absolute Gasteiger partial charge is 0.242 e. The van der Waals surface area contributed by atoms with Gasteiger partial charge in [-0.05, 0) is 11.1 Å². The summed E-state index contributed by atoms with van der Waals surface area (Å²) in [5.74, 6) is -2.03. The van der Waals surface area contributed by atoms with Gasteiger partial charge in [-0.1, -0.05) is 60.7 Å². The third-order valence-corrected chi connectivity index (χ3v) is 3.74. The van der Waals surface area contributed by atoms with Gasteiger partial charge < -0.3 is 20.7 Å². The highest BCUT2D eigenvalue weighted by Crippen LogP contribution is 2.44. The molecule has 0 fully saturated rings. The van der Waals surface area contributed by atoms with E-state index < -0.39 is 23.2 Å². The molecule has 5 nitrogen and oxygen atoms in total. The minimum Gasteiger partial charge on any atom is -0.501 e. The summed E-state index contributed by atoms with van der Waals surface area (Å²) in [5.41, 5.74) is 4.43. The number of carbonyl (C=O) groups excluding carboxylic acids is 1. The Morgan fingerprint density at radius 3 is 2.14 bits per heavy atom.